The summed E-state index contributed by atoms with van der Waals surface area (Å²) in [4.78, 5) is 15.7. The van der Waals surface area contributed by atoms with Crippen LogP contribution in [0.4, 0.5) is 0 Å². The van der Waals surface area contributed by atoms with Crippen molar-refractivity contribution in [1.82, 2.24) is 10.3 Å². The predicted molar refractivity (Wildman–Crippen MR) is 88.9 cm³/mol. The van der Waals surface area contributed by atoms with E-state index in [1.807, 2.05) is 26.0 Å². The van der Waals surface area contributed by atoms with Crippen molar-refractivity contribution in [2.24, 2.45) is 0 Å². The number of benzene rings is 1. The summed E-state index contributed by atoms with van der Waals surface area (Å²) in [6.07, 6.45) is 0.909. The lowest BCUT2D eigenvalue weighted by atomic mass is 9.88. The molecule has 0 saturated carbocycles. The Hall–Kier alpha value is -1.04. The molecule has 0 saturated heterocycles. The van der Waals surface area contributed by atoms with E-state index in [4.69, 9.17) is 4.74 Å². The van der Waals surface area contributed by atoms with E-state index in [9.17, 15) is 4.79 Å². The summed E-state index contributed by atoms with van der Waals surface area (Å²) >= 11 is 3.48. The third kappa shape index (κ3) is 2.58. The van der Waals surface area contributed by atoms with Crippen LogP contribution in [0.5, 0.6) is 0 Å². The van der Waals surface area contributed by atoms with Gasteiger partial charge in [0, 0.05) is 21.9 Å². The van der Waals surface area contributed by atoms with Crippen LogP contribution in [0.3, 0.4) is 0 Å². The molecule has 0 radical (unpaired) electrons. The molecule has 114 valence electrons. The number of hydrogen-bond acceptors (Lipinski definition) is 3. The zero-order valence-corrected chi connectivity index (χ0v) is 14.4. The highest BCUT2D eigenvalue weighted by molar-refractivity contribution is 9.10. The molecule has 0 bridgehead atoms. The summed E-state index contributed by atoms with van der Waals surface area (Å²) in [6.45, 7) is 4.86. The first-order chi connectivity index (χ1) is 9.56. The highest BCUT2D eigenvalue weighted by Crippen LogP contribution is 2.35. The first-order valence-corrected chi connectivity index (χ1v) is 7.58. The van der Waals surface area contributed by atoms with Crippen LogP contribution >= 0.6 is 28.3 Å². The Bertz CT molecular complexity index is 686. The Kier molecular flexibility index (Phi) is 4.66. The quantitative estimate of drug-likeness (QED) is 0.794. The SMILES string of the molecule is CCOC(=O)C1(C)NCCc2c1[nH]c1cc(Br)ccc21.Cl. The number of fused-ring (bicyclic) bond motifs is 3. The molecule has 0 spiro atoms. The third-order valence-electron chi connectivity index (χ3n) is 3.91. The largest absolute Gasteiger partial charge is 0.464 e. The molecule has 0 aliphatic carbocycles. The van der Waals surface area contributed by atoms with Gasteiger partial charge in [-0.3, -0.25) is 5.32 Å². The van der Waals surface area contributed by atoms with Crippen LogP contribution in [0.2, 0.25) is 0 Å². The fraction of sp³-hybridized carbons (Fsp3) is 0.400. The summed E-state index contributed by atoms with van der Waals surface area (Å²) in [5.41, 5.74) is 2.38. The van der Waals surface area contributed by atoms with Crippen LogP contribution in [-0.2, 0) is 21.5 Å². The van der Waals surface area contributed by atoms with E-state index in [1.165, 1.54) is 10.9 Å². The van der Waals surface area contributed by atoms with Gasteiger partial charge in [-0.05, 0) is 38.0 Å². The minimum absolute atomic E-state index is 0. The van der Waals surface area contributed by atoms with Crippen LogP contribution < -0.4 is 5.32 Å². The number of aromatic nitrogens is 1. The van der Waals surface area contributed by atoms with Gasteiger partial charge in [-0.1, -0.05) is 22.0 Å². The molecule has 1 aliphatic heterocycles. The van der Waals surface area contributed by atoms with Gasteiger partial charge in [0.05, 0.1) is 12.3 Å². The second-order valence-electron chi connectivity index (χ2n) is 5.19. The normalized spacial score (nSPS) is 20.7. The first-order valence-electron chi connectivity index (χ1n) is 6.79. The molecule has 2 heterocycles. The molecule has 6 heteroatoms. The van der Waals surface area contributed by atoms with E-state index in [2.05, 4.69) is 32.3 Å². The smallest absolute Gasteiger partial charge is 0.332 e. The van der Waals surface area contributed by atoms with E-state index in [1.54, 1.807) is 0 Å². The van der Waals surface area contributed by atoms with Crippen LogP contribution in [-0.4, -0.2) is 24.1 Å². The lowest BCUT2D eigenvalue weighted by Crippen LogP contribution is -2.51. The lowest BCUT2D eigenvalue weighted by Gasteiger charge is -2.32. The van der Waals surface area contributed by atoms with Gasteiger partial charge in [-0.25, -0.2) is 4.79 Å². The Morgan fingerprint density at radius 1 is 1.48 bits per heavy atom. The second kappa shape index (κ2) is 5.99. The van der Waals surface area contributed by atoms with Crippen molar-refractivity contribution in [3.63, 3.8) is 0 Å². The van der Waals surface area contributed by atoms with E-state index < -0.39 is 5.54 Å². The van der Waals surface area contributed by atoms with Gasteiger partial charge in [0.15, 0.2) is 5.54 Å². The Morgan fingerprint density at radius 3 is 2.95 bits per heavy atom. The van der Waals surface area contributed by atoms with Gasteiger partial charge in [0.2, 0.25) is 0 Å². The van der Waals surface area contributed by atoms with Gasteiger partial charge < -0.3 is 9.72 Å². The topological polar surface area (TPSA) is 54.1 Å². The molecule has 4 nitrogen and oxygen atoms in total. The average Bonchev–Trinajstić information content (AvgIpc) is 2.78. The number of carbonyl (C=O) groups excluding carboxylic acids is 1. The minimum atomic E-state index is -0.797. The van der Waals surface area contributed by atoms with Crippen molar-refractivity contribution in [3.05, 3.63) is 33.9 Å². The zero-order chi connectivity index (χ0) is 14.3. The van der Waals surface area contributed by atoms with Gasteiger partial charge in [-0.2, -0.15) is 0 Å². The molecule has 1 unspecified atom stereocenters. The average molecular weight is 374 g/mol. The van der Waals surface area contributed by atoms with Crippen molar-refractivity contribution in [1.29, 1.82) is 0 Å². The standard InChI is InChI=1S/C15H17BrN2O2.ClH/c1-3-20-14(19)15(2)13-11(6-7-17-15)10-5-4-9(16)8-12(10)18-13;/h4-5,8,17-18H,3,6-7H2,1-2H3;1H. The molecule has 2 aromatic rings. The number of ether oxygens (including phenoxy) is 1. The molecule has 21 heavy (non-hydrogen) atoms. The summed E-state index contributed by atoms with van der Waals surface area (Å²) in [6, 6.07) is 6.16. The maximum Gasteiger partial charge on any atom is 0.332 e. The monoisotopic (exact) mass is 372 g/mol. The van der Waals surface area contributed by atoms with Crippen molar-refractivity contribution in [2.45, 2.75) is 25.8 Å². The summed E-state index contributed by atoms with van der Waals surface area (Å²) < 4.78 is 6.25. The van der Waals surface area contributed by atoms with Crippen molar-refractivity contribution in [2.75, 3.05) is 13.2 Å². The van der Waals surface area contributed by atoms with Crippen molar-refractivity contribution < 1.29 is 9.53 Å². The Labute approximate surface area is 138 Å². The molecule has 1 atom stereocenters. The van der Waals surface area contributed by atoms with E-state index in [-0.39, 0.29) is 18.4 Å². The molecule has 3 rings (SSSR count). The molecule has 1 aliphatic rings. The number of hydrogen-bond donors (Lipinski definition) is 2. The van der Waals surface area contributed by atoms with Gasteiger partial charge in [-0.15, -0.1) is 12.4 Å². The molecule has 0 fully saturated rings. The number of carbonyl (C=O) groups is 1. The van der Waals surface area contributed by atoms with Crippen LogP contribution in [0.1, 0.15) is 25.1 Å². The summed E-state index contributed by atoms with van der Waals surface area (Å²) in [5.74, 6) is -0.230. The predicted octanol–water partition coefficient (Wildman–Crippen LogP) is 3.28. The minimum Gasteiger partial charge on any atom is -0.464 e. The lowest BCUT2D eigenvalue weighted by molar-refractivity contribution is -0.151. The fourth-order valence-electron chi connectivity index (χ4n) is 2.89. The number of esters is 1. The van der Waals surface area contributed by atoms with Gasteiger partial charge in [0.1, 0.15) is 0 Å². The van der Waals surface area contributed by atoms with E-state index >= 15 is 0 Å². The fourth-order valence-corrected chi connectivity index (χ4v) is 3.25. The maximum absolute atomic E-state index is 12.3. The van der Waals surface area contributed by atoms with Crippen molar-refractivity contribution >= 4 is 45.2 Å². The number of H-pyrrole nitrogens is 1. The molecular formula is C15H18BrClN2O2. The number of aromatic amines is 1. The van der Waals surface area contributed by atoms with E-state index in [0.717, 1.165) is 28.6 Å². The molecule has 0 amide bonds. The third-order valence-corrected chi connectivity index (χ3v) is 4.40. The Morgan fingerprint density at radius 2 is 2.24 bits per heavy atom. The number of nitrogens with one attached hydrogen (secondary N) is 2. The van der Waals surface area contributed by atoms with Crippen molar-refractivity contribution in [3.8, 4) is 0 Å². The molecular weight excluding hydrogens is 356 g/mol. The highest BCUT2D eigenvalue weighted by Gasteiger charge is 2.42. The number of rotatable bonds is 2. The van der Waals surface area contributed by atoms with Gasteiger partial charge in [0.25, 0.3) is 0 Å². The molecule has 1 aromatic carbocycles. The first kappa shape index (κ1) is 16.3. The molecule has 1 aromatic heterocycles. The van der Waals surface area contributed by atoms with Crippen LogP contribution in [0.15, 0.2) is 22.7 Å². The van der Waals surface area contributed by atoms with Crippen LogP contribution in [0, 0.1) is 0 Å². The highest BCUT2D eigenvalue weighted by atomic mass is 79.9. The summed E-state index contributed by atoms with van der Waals surface area (Å²) in [5, 5.41) is 4.48. The number of halogens is 2. The van der Waals surface area contributed by atoms with Crippen LogP contribution in [0.25, 0.3) is 10.9 Å². The van der Waals surface area contributed by atoms with Gasteiger partial charge >= 0.3 is 5.97 Å². The molecule has 2 N–H and O–H groups in total. The Balaban J connectivity index is 0.00000161. The zero-order valence-electron chi connectivity index (χ0n) is 12.0. The van der Waals surface area contributed by atoms with E-state index in [0.29, 0.717) is 6.61 Å². The summed E-state index contributed by atoms with van der Waals surface area (Å²) in [7, 11) is 0. The second-order valence-corrected chi connectivity index (χ2v) is 6.11. The maximum atomic E-state index is 12.3.